The van der Waals surface area contributed by atoms with Gasteiger partial charge >= 0.3 is 0 Å². The molecule has 0 aromatic heterocycles. The summed E-state index contributed by atoms with van der Waals surface area (Å²) in [7, 11) is 0. The highest BCUT2D eigenvalue weighted by atomic mass is 14.9. The van der Waals surface area contributed by atoms with Crippen LogP contribution in [0.25, 0.3) is 0 Å². The third-order valence-electron chi connectivity index (χ3n) is 4.18. The van der Waals surface area contributed by atoms with Crippen LogP contribution in [0.2, 0.25) is 0 Å². The predicted molar refractivity (Wildman–Crippen MR) is 68.0 cm³/mol. The van der Waals surface area contributed by atoms with Crippen molar-refractivity contribution >= 4 is 0 Å². The topological polar surface area (TPSA) is 12.0 Å². The van der Waals surface area contributed by atoms with Gasteiger partial charge in [-0.3, -0.25) is 0 Å². The molecule has 1 nitrogen and oxygen atoms in total. The molecule has 0 amide bonds. The van der Waals surface area contributed by atoms with Gasteiger partial charge < -0.3 is 5.32 Å². The first-order valence-corrected chi connectivity index (χ1v) is 6.92. The van der Waals surface area contributed by atoms with Crippen LogP contribution in [0, 0.1) is 17.8 Å². The molecule has 0 aromatic carbocycles. The summed E-state index contributed by atoms with van der Waals surface area (Å²) in [5.74, 6) is 2.81. The molecule has 0 spiro atoms. The predicted octanol–water partition coefficient (Wildman–Crippen LogP) is 3.84. The van der Waals surface area contributed by atoms with Gasteiger partial charge in [0.05, 0.1) is 0 Å². The molecule has 0 saturated heterocycles. The Morgan fingerprint density at radius 1 is 1.27 bits per heavy atom. The van der Waals surface area contributed by atoms with Crippen molar-refractivity contribution in [1.82, 2.24) is 5.32 Å². The molecule has 1 aliphatic carbocycles. The fourth-order valence-corrected chi connectivity index (χ4v) is 3.26. The van der Waals surface area contributed by atoms with Crippen LogP contribution in [0.4, 0.5) is 0 Å². The molecule has 4 atom stereocenters. The summed E-state index contributed by atoms with van der Waals surface area (Å²) in [5.41, 5.74) is 0. The second-order valence-corrected chi connectivity index (χ2v) is 5.49. The number of nitrogens with one attached hydrogen (secondary N) is 1. The van der Waals surface area contributed by atoms with Gasteiger partial charge in [0.1, 0.15) is 0 Å². The van der Waals surface area contributed by atoms with E-state index < -0.39 is 0 Å². The first-order chi connectivity index (χ1) is 7.19. The Labute approximate surface area is 96.0 Å². The summed E-state index contributed by atoms with van der Waals surface area (Å²) in [6.07, 6.45) is 7.07. The van der Waals surface area contributed by atoms with Crippen molar-refractivity contribution in [3.63, 3.8) is 0 Å². The maximum absolute atomic E-state index is 3.63. The third kappa shape index (κ3) is 3.79. The maximum Gasteiger partial charge on any atom is 0.00953 e. The summed E-state index contributed by atoms with van der Waals surface area (Å²) < 4.78 is 0. The molecular weight excluding hydrogens is 182 g/mol. The molecule has 0 aromatic rings. The molecule has 1 rings (SSSR count). The van der Waals surface area contributed by atoms with E-state index in [2.05, 4.69) is 33.0 Å². The van der Waals surface area contributed by atoms with Gasteiger partial charge in [-0.05, 0) is 43.6 Å². The molecule has 1 aliphatic rings. The molecule has 1 heteroatoms. The van der Waals surface area contributed by atoms with E-state index in [1.165, 1.54) is 32.1 Å². The second-order valence-electron chi connectivity index (χ2n) is 5.49. The Bertz CT molecular complexity index is 167. The van der Waals surface area contributed by atoms with Gasteiger partial charge in [-0.25, -0.2) is 0 Å². The number of hydrogen-bond acceptors (Lipinski definition) is 1. The van der Waals surface area contributed by atoms with Gasteiger partial charge in [-0.15, -0.1) is 0 Å². The lowest BCUT2D eigenvalue weighted by Crippen LogP contribution is -2.32. The highest BCUT2D eigenvalue weighted by Crippen LogP contribution is 2.36. The average Bonchev–Trinajstić information content (AvgIpc) is 2.51. The number of hydrogen-bond donors (Lipinski definition) is 1. The molecule has 1 saturated carbocycles. The van der Waals surface area contributed by atoms with E-state index in [4.69, 9.17) is 0 Å². The molecule has 1 N–H and O–H groups in total. The number of rotatable bonds is 6. The van der Waals surface area contributed by atoms with E-state index in [9.17, 15) is 0 Å². The van der Waals surface area contributed by atoms with E-state index >= 15 is 0 Å². The molecule has 0 aliphatic heterocycles. The minimum atomic E-state index is 0.800. The van der Waals surface area contributed by atoms with Gasteiger partial charge in [-0.2, -0.15) is 0 Å². The van der Waals surface area contributed by atoms with Crippen LogP contribution in [-0.2, 0) is 0 Å². The quantitative estimate of drug-likeness (QED) is 0.704. The molecule has 0 bridgehead atoms. The van der Waals surface area contributed by atoms with E-state index in [1.807, 2.05) is 0 Å². The summed E-state index contributed by atoms with van der Waals surface area (Å²) in [6, 6.07) is 0.800. The zero-order valence-corrected chi connectivity index (χ0v) is 11.1. The molecule has 90 valence electrons. The first-order valence-electron chi connectivity index (χ1n) is 6.92. The highest BCUT2D eigenvalue weighted by Gasteiger charge is 2.32. The van der Waals surface area contributed by atoms with Crippen LogP contribution in [-0.4, -0.2) is 12.6 Å². The van der Waals surface area contributed by atoms with Crippen molar-refractivity contribution in [3.05, 3.63) is 0 Å². The fraction of sp³-hybridized carbons (Fsp3) is 1.00. The lowest BCUT2D eigenvalue weighted by Gasteiger charge is -2.23. The Balaban J connectivity index is 2.32. The molecule has 0 heterocycles. The normalized spacial score (nSPS) is 33.2. The monoisotopic (exact) mass is 211 g/mol. The van der Waals surface area contributed by atoms with Crippen LogP contribution in [0.1, 0.15) is 59.8 Å². The van der Waals surface area contributed by atoms with E-state index in [0.29, 0.717) is 0 Å². The van der Waals surface area contributed by atoms with Crippen molar-refractivity contribution < 1.29 is 0 Å². The first kappa shape index (κ1) is 13.0. The van der Waals surface area contributed by atoms with E-state index in [-0.39, 0.29) is 0 Å². The summed E-state index contributed by atoms with van der Waals surface area (Å²) in [5, 5.41) is 3.63. The van der Waals surface area contributed by atoms with Gasteiger partial charge in [0.15, 0.2) is 0 Å². The minimum absolute atomic E-state index is 0.800. The van der Waals surface area contributed by atoms with Crippen molar-refractivity contribution in [2.24, 2.45) is 17.8 Å². The summed E-state index contributed by atoms with van der Waals surface area (Å²) >= 11 is 0. The van der Waals surface area contributed by atoms with Crippen LogP contribution < -0.4 is 5.32 Å². The third-order valence-corrected chi connectivity index (χ3v) is 4.18. The lowest BCUT2D eigenvalue weighted by molar-refractivity contribution is 0.293. The highest BCUT2D eigenvalue weighted by molar-refractivity contribution is 4.87. The minimum Gasteiger partial charge on any atom is -0.314 e. The van der Waals surface area contributed by atoms with Crippen molar-refractivity contribution in [1.29, 1.82) is 0 Å². The van der Waals surface area contributed by atoms with Crippen molar-refractivity contribution in [2.45, 2.75) is 65.8 Å². The zero-order valence-electron chi connectivity index (χ0n) is 11.1. The Morgan fingerprint density at radius 2 is 2.00 bits per heavy atom. The van der Waals surface area contributed by atoms with E-state index in [1.54, 1.807) is 0 Å². The molecule has 1 fully saturated rings. The Kier molecular flexibility index (Phi) is 5.66. The molecule has 0 radical (unpaired) electrons. The summed E-state index contributed by atoms with van der Waals surface area (Å²) in [4.78, 5) is 0. The van der Waals surface area contributed by atoms with Gasteiger partial charge in [-0.1, -0.05) is 40.5 Å². The summed E-state index contributed by atoms with van der Waals surface area (Å²) in [6.45, 7) is 10.5. The average molecular weight is 211 g/mol. The SMILES string of the molecule is CCCC(C)CC1CCC(NCC)C1C. The second kappa shape index (κ2) is 6.52. The largest absolute Gasteiger partial charge is 0.314 e. The molecular formula is C14H29N. The lowest BCUT2D eigenvalue weighted by atomic mass is 9.86. The molecule has 4 unspecified atom stereocenters. The Hall–Kier alpha value is -0.0400. The van der Waals surface area contributed by atoms with Crippen LogP contribution in [0.5, 0.6) is 0 Å². The standard InChI is InChI=1S/C14H29N/c1-5-7-11(3)10-13-8-9-14(12(13)4)15-6-2/h11-15H,5-10H2,1-4H3. The van der Waals surface area contributed by atoms with Crippen molar-refractivity contribution in [3.8, 4) is 0 Å². The van der Waals surface area contributed by atoms with E-state index in [0.717, 1.165) is 30.3 Å². The zero-order chi connectivity index (χ0) is 11.3. The molecule has 15 heavy (non-hydrogen) atoms. The van der Waals surface area contributed by atoms with Crippen molar-refractivity contribution in [2.75, 3.05) is 6.54 Å². The fourth-order valence-electron chi connectivity index (χ4n) is 3.26. The van der Waals surface area contributed by atoms with Crippen LogP contribution in [0.3, 0.4) is 0 Å². The maximum atomic E-state index is 3.63. The van der Waals surface area contributed by atoms with Gasteiger partial charge in [0.2, 0.25) is 0 Å². The smallest absolute Gasteiger partial charge is 0.00953 e. The van der Waals surface area contributed by atoms with Crippen LogP contribution in [0.15, 0.2) is 0 Å². The van der Waals surface area contributed by atoms with Gasteiger partial charge in [0.25, 0.3) is 0 Å². The van der Waals surface area contributed by atoms with Gasteiger partial charge in [0, 0.05) is 6.04 Å². The van der Waals surface area contributed by atoms with Crippen LogP contribution >= 0.6 is 0 Å². The Morgan fingerprint density at radius 3 is 2.60 bits per heavy atom.